The van der Waals surface area contributed by atoms with Gasteiger partial charge in [0.2, 0.25) is 6.19 Å². The summed E-state index contributed by atoms with van der Waals surface area (Å²) in [5, 5.41) is 19.3. The van der Waals surface area contributed by atoms with Crippen molar-refractivity contribution in [3.05, 3.63) is 5.82 Å². The van der Waals surface area contributed by atoms with Gasteiger partial charge in [-0.3, -0.25) is 0 Å². The van der Waals surface area contributed by atoms with Crippen molar-refractivity contribution in [1.29, 1.82) is 5.26 Å². The van der Waals surface area contributed by atoms with Crippen LogP contribution in [-0.2, 0) is 6.42 Å². The molecule has 0 saturated heterocycles. The van der Waals surface area contributed by atoms with Crippen LogP contribution in [0.2, 0.25) is 0 Å². The van der Waals surface area contributed by atoms with Crippen molar-refractivity contribution in [2.24, 2.45) is 0 Å². The van der Waals surface area contributed by atoms with Gasteiger partial charge in [0.05, 0.1) is 0 Å². The van der Waals surface area contributed by atoms with Gasteiger partial charge in [-0.15, -0.1) is 10.2 Å². The number of aromatic nitrogens is 4. The summed E-state index contributed by atoms with van der Waals surface area (Å²) >= 11 is 0. The lowest BCUT2D eigenvalue weighted by molar-refractivity contribution is 0.723. The number of rotatable bonds is 3. The molecule has 1 aromatic heterocycles. The fourth-order valence-corrected chi connectivity index (χ4v) is 0.721. The van der Waals surface area contributed by atoms with Gasteiger partial charge in [0.1, 0.15) is 0 Å². The van der Waals surface area contributed by atoms with Crippen molar-refractivity contribution in [2.75, 3.05) is 0 Å². The first-order valence-electron chi connectivity index (χ1n) is 3.56. The zero-order chi connectivity index (χ0) is 8.10. The number of tetrazole rings is 1. The molecule has 0 N–H and O–H groups in total. The van der Waals surface area contributed by atoms with Crippen molar-refractivity contribution in [3.8, 4) is 6.19 Å². The Morgan fingerprint density at radius 3 is 3.00 bits per heavy atom. The second kappa shape index (κ2) is 3.66. The normalized spacial score (nSPS) is 9.45. The zero-order valence-corrected chi connectivity index (χ0v) is 6.36. The molecular formula is C6H9N5. The second-order valence-electron chi connectivity index (χ2n) is 2.20. The highest BCUT2D eigenvalue weighted by atomic mass is 15.6. The Morgan fingerprint density at radius 1 is 1.64 bits per heavy atom. The fraction of sp³-hybridized carbons (Fsp3) is 0.667. The summed E-state index contributed by atoms with van der Waals surface area (Å²) in [5.74, 6) is 0.647. The summed E-state index contributed by atoms with van der Waals surface area (Å²) in [4.78, 5) is 0.922. The molecule has 0 aliphatic carbocycles. The van der Waals surface area contributed by atoms with E-state index in [1.165, 1.54) is 0 Å². The van der Waals surface area contributed by atoms with Crippen LogP contribution < -0.4 is 0 Å². The van der Waals surface area contributed by atoms with Gasteiger partial charge in [0, 0.05) is 6.42 Å². The third-order valence-electron chi connectivity index (χ3n) is 1.30. The summed E-state index contributed by atoms with van der Waals surface area (Å²) in [7, 11) is 0. The SMILES string of the molecule is CCCCc1nnn(C#N)n1. The monoisotopic (exact) mass is 151 g/mol. The second-order valence-corrected chi connectivity index (χ2v) is 2.20. The van der Waals surface area contributed by atoms with E-state index in [9.17, 15) is 0 Å². The maximum absolute atomic E-state index is 8.32. The van der Waals surface area contributed by atoms with Crippen LogP contribution >= 0.6 is 0 Å². The van der Waals surface area contributed by atoms with Crippen molar-refractivity contribution >= 4 is 0 Å². The molecule has 58 valence electrons. The van der Waals surface area contributed by atoms with E-state index in [-0.39, 0.29) is 0 Å². The standard InChI is InChI=1S/C6H9N5/c1-2-3-4-6-8-10-11(5-7)9-6/h2-4H2,1H3. The first-order chi connectivity index (χ1) is 5.36. The lowest BCUT2D eigenvalue weighted by atomic mass is 10.2. The summed E-state index contributed by atoms with van der Waals surface area (Å²) < 4.78 is 0. The number of hydrogen-bond acceptors (Lipinski definition) is 4. The Labute approximate surface area is 64.6 Å². The Kier molecular flexibility index (Phi) is 2.55. The average molecular weight is 151 g/mol. The van der Waals surface area contributed by atoms with Gasteiger partial charge < -0.3 is 0 Å². The molecule has 5 heteroatoms. The van der Waals surface area contributed by atoms with Gasteiger partial charge in [-0.2, -0.15) is 5.26 Å². The molecule has 0 fully saturated rings. The molecule has 0 spiro atoms. The Bertz CT molecular complexity index is 258. The van der Waals surface area contributed by atoms with Crippen molar-refractivity contribution in [3.63, 3.8) is 0 Å². The number of unbranched alkanes of at least 4 members (excludes halogenated alkanes) is 1. The maximum atomic E-state index is 8.32. The highest BCUT2D eigenvalue weighted by molar-refractivity contribution is 4.79. The van der Waals surface area contributed by atoms with E-state index < -0.39 is 0 Å². The molecule has 0 amide bonds. The zero-order valence-electron chi connectivity index (χ0n) is 6.36. The minimum absolute atomic E-state index is 0.647. The van der Waals surface area contributed by atoms with Crippen LogP contribution in [0.1, 0.15) is 25.6 Å². The summed E-state index contributed by atoms with van der Waals surface area (Å²) in [6.45, 7) is 2.09. The maximum Gasteiger partial charge on any atom is 0.226 e. The molecule has 0 atom stereocenters. The Hall–Kier alpha value is -1.44. The molecule has 0 aromatic carbocycles. The quantitative estimate of drug-likeness (QED) is 0.624. The minimum atomic E-state index is 0.647. The van der Waals surface area contributed by atoms with Crippen LogP contribution in [-0.4, -0.2) is 20.2 Å². The average Bonchev–Trinajstić information content (AvgIpc) is 2.48. The van der Waals surface area contributed by atoms with E-state index >= 15 is 0 Å². The number of nitrogens with zero attached hydrogens (tertiary/aromatic N) is 5. The van der Waals surface area contributed by atoms with Gasteiger partial charge in [0.25, 0.3) is 0 Å². The van der Waals surface area contributed by atoms with Crippen LogP contribution in [0.5, 0.6) is 0 Å². The van der Waals surface area contributed by atoms with E-state index in [1.54, 1.807) is 6.19 Å². The van der Waals surface area contributed by atoms with Crippen LogP contribution in [0.15, 0.2) is 0 Å². The summed E-state index contributed by atoms with van der Waals surface area (Å²) in [5.41, 5.74) is 0. The molecule has 11 heavy (non-hydrogen) atoms. The first kappa shape index (κ1) is 7.66. The van der Waals surface area contributed by atoms with E-state index in [4.69, 9.17) is 5.26 Å². The molecule has 0 bridgehead atoms. The van der Waals surface area contributed by atoms with Crippen LogP contribution in [0.25, 0.3) is 0 Å². The highest BCUT2D eigenvalue weighted by Gasteiger charge is 1.99. The van der Waals surface area contributed by atoms with Crippen LogP contribution in [0.3, 0.4) is 0 Å². The number of aryl methyl sites for hydroxylation is 1. The van der Waals surface area contributed by atoms with E-state index in [2.05, 4.69) is 22.3 Å². The molecule has 1 rings (SSSR count). The third kappa shape index (κ3) is 2.00. The summed E-state index contributed by atoms with van der Waals surface area (Å²) in [6, 6.07) is 0. The highest BCUT2D eigenvalue weighted by Crippen LogP contribution is 1.95. The molecular weight excluding hydrogens is 142 g/mol. The topological polar surface area (TPSA) is 67.4 Å². The van der Waals surface area contributed by atoms with E-state index in [0.717, 1.165) is 24.1 Å². The predicted octanol–water partition coefficient (Wildman–Crippen LogP) is 0.345. The molecule has 0 aliphatic heterocycles. The fourth-order valence-electron chi connectivity index (χ4n) is 0.721. The minimum Gasteiger partial charge on any atom is -0.169 e. The van der Waals surface area contributed by atoms with Crippen molar-refractivity contribution in [1.82, 2.24) is 20.2 Å². The van der Waals surface area contributed by atoms with Gasteiger partial charge >= 0.3 is 0 Å². The van der Waals surface area contributed by atoms with E-state index in [0.29, 0.717) is 5.82 Å². The smallest absolute Gasteiger partial charge is 0.169 e. The largest absolute Gasteiger partial charge is 0.226 e. The van der Waals surface area contributed by atoms with Gasteiger partial charge in [-0.05, 0) is 11.6 Å². The Morgan fingerprint density at radius 2 is 2.45 bits per heavy atom. The number of hydrogen-bond donors (Lipinski definition) is 0. The van der Waals surface area contributed by atoms with Crippen molar-refractivity contribution < 1.29 is 0 Å². The van der Waals surface area contributed by atoms with Crippen LogP contribution in [0.4, 0.5) is 0 Å². The molecule has 0 unspecified atom stereocenters. The summed E-state index contributed by atoms with van der Waals surface area (Å²) in [6.07, 6.45) is 4.70. The molecule has 0 aliphatic rings. The van der Waals surface area contributed by atoms with Gasteiger partial charge in [-0.25, -0.2) is 0 Å². The lowest BCUT2D eigenvalue weighted by Gasteiger charge is -1.86. The van der Waals surface area contributed by atoms with Crippen LogP contribution in [0, 0.1) is 11.5 Å². The molecule has 1 aromatic rings. The third-order valence-corrected chi connectivity index (χ3v) is 1.30. The van der Waals surface area contributed by atoms with Crippen molar-refractivity contribution in [2.45, 2.75) is 26.2 Å². The number of nitriles is 1. The predicted molar refractivity (Wildman–Crippen MR) is 37.4 cm³/mol. The molecule has 1 heterocycles. The van der Waals surface area contributed by atoms with E-state index in [1.807, 2.05) is 0 Å². The first-order valence-corrected chi connectivity index (χ1v) is 3.56. The molecule has 5 nitrogen and oxygen atoms in total. The lowest BCUT2D eigenvalue weighted by Crippen LogP contribution is -1.93. The van der Waals surface area contributed by atoms with Gasteiger partial charge in [0.15, 0.2) is 5.82 Å². The molecule has 0 radical (unpaired) electrons. The molecule has 0 saturated carbocycles. The Balaban J connectivity index is 2.53. The van der Waals surface area contributed by atoms with Gasteiger partial charge in [-0.1, -0.05) is 18.1 Å².